The van der Waals surface area contributed by atoms with Gasteiger partial charge in [-0.05, 0) is 43.4 Å². The molecule has 2 saturated carbocycles. The Morgan fingerprint density at radius 3 is 2.62 bits per heavy atom. The first kappa shape index (κ1) is 17.3. The number of piperazine rings is 1. The van der Waals surface area contributed by atoms with Crippen molar-refractivity contribution >= 4 is 17.9 Å². The van der Waals surface area contributed by atoms with Crippen molar-refractivity contribution in [1.82, 2.24) is 15.1 Å². The van der Waals surface area contributed by atoms with Crippen molar-refractivity contribution in [3.63, 3.8) is 0 Å². The number of nitrogens with one attached hydrogen (secondary N) is 1. The average molecular weight is 357 g/mol. The first-order chi connectivity index (χ1) is 12.6. The molecule has 2 aliphatic carbocycles. The minimum atomic E-state index is 0.00446. The average Bonchev–Trinajstić information content (AvgIpc) is 3.53. The van der Waals surface area contributed by atoms with E-state index >= 15 is 0 Å². The Hall–Kier alpha value is -2.08. The number of furan rings is 1. The number of amides is 2. The van der Waals surface area contributed by atoms with Crippen LogP contribution in [-0.2, 0) is 9.59 Å². The molecule has 2 unspecified atom stereocenters. The van der Waals surface area contributed by atoms with Crippen molar-refractivity contribution in [2.24, 2.45) is 5.92 Å². The Labute approximate surface area is 154 Å². The van der Waals surface area contributed by atoms with Crippen molar-refractivity contribution in [3.8, 4) is 0 Å². The molecule has 26 heavy (non-hydrogen) atoms. The topological polar surface area (TPSA) is 65.8 Å². The summed E-state index contributed by atoms with van der Waals surface area (Å²) in [6.45, 7) is 5.45. The molecule has 3 fully saturated rings. The fourth-order valence-electron chi connectivity index (χ4n) is 3.47. The zero-order chi connectivity index (χ0) is 18.1. The van der Waals surface area contributed by atoms with Crippen LogP contribution in [0.5, 0.6) is 0 Å². The van der Waals surface area contributed by atoms with E-state index in [1.54, 1.807) is 12.2 Å². The van der Waals surface area contributed by atoms with Crippen LogP contribution in [0.4, 0.5) is 0 Å². The van der Waals surface area contributed by atoms with Gasteiger partial charge in [-0.25, -0.2) is 0 Å². The largest absolute Gasteiger partial charge is 0.461 e. The van der Waals surface area contributed by atoms with Gasteiger partial charge in [0.05, 0.1) is 6.54 Å². The van der Waals surface area contributed by atoms with Crippen LogP contribution in [0.15, 0.2) is 22.6 Å². The fraction of sp³-hybridized carbons (Fsp3) is 0.600. The van der Waals surface area contributed by atoms with Gasteiger partial charge in [-0.15, -0.1) is 0 Å². The molecule has 1 N–H and O–H groups in total. The molecule has 0 radical (unpaired) electrons. The second-order valence-corrected chi connectivity index (χ2v) is 7.84. The Morgan fingerprint density at radius 1 is 1.23 bits per heavy atom. The highest BCUT2D eigenvalue weighted by Crippen LogP contribution is 2.47. The van der Waals surface area contributed by atoms with Gasteiger partial charge in [0.1, 0.15) is 11.5 Å². The summed E-state index contributed by atoms with van der Waals surface area (Å²) < 4.78 is 5.80. The maximum absolute atomic E-state index is 12.4. The minimum absolute atomic E-state index is 0.00446. The van der Waals surface area contributed by atoms with E-state index in [2.05, 4.69) is 17.1 Å². The molecular weight excluding hydrogens is 330 g/mol. The normalized spacial score (nSPS) is 26.3. The van der Waals surface area contributed by atoms with Gasteiger partial charge in [0, 0.05) is 44.2 Å². The van der Waals surface area contributed by atoms with Gasteiger partial charge in [0.2, 0.25) is 11.8 Å². The Morgan fingerprint density at radius 2 is 1.96 bits per heavy atom. The number of hydrogen-bond donors (Lipinski definition) is 1. The van der Waals surface area contributed by atoms with E-state index in [0.717, 1.165) is 37.5 Å². The van der Waals surface area contributed by atoms with E-state index in [4.69, 9.17) is 4.42 Å². The van der Waals surface area contributed by atoms with Crippen LogP contribution in [0.1, 0.15) is 43.6 Å². The molecule has 6 nitrogen and oxygen atoms in total. The zero-order valence-corrected chi connectivity index (χ0v) is 15.3. The smallest absolute Gasteiger partial charge is 0.246 e. The number of rotatable bonds is 6. The van der Waals surface area contributed by atoms with E-state index in [1.165, 1.54) is 6.42 Å². The molecule has 3 aliphatic rings. The van der Waals surface area contributed by atoms with Crippen LogP contribution in [-0.4, -0.2) is 60.4 Å². The third kappa shape index (κ3) is 4.36. The predicted molar refractivity (Wildman–Crippen MR) is 98.4 cm³/mol. The summed E-state index contributed by atoms with van der Waals surface area (Å²) in [4.78, 5) is 28.2. The predicted octanol–water partition coefficient (Wildman–Crippen LogP) is 1.84. The summed E-state index contributed by atoms with van der Waals surface area (Å²) in [5.74, 6) is 3.14. The minimum Gasteiger partial charge on any atom is -0.461 e. The summed E-state index contributed by atoms with van der Waals surface area (Å²) >= 11 is 0. The second-order valence-electron chi connectivity index (χ2n) is 7.84. The SMILES string of the molecule is CC1CC1c1ccc(/C=C/C(=O)N2CCN(CC(=O)NC3CC3)CC2)o1. The molecule has 2 heterocycles. The van der Waals surface area contributed by atoms with E-state index < -0.39 is 0 Å². The van der Waals surface area contributed by atoms with Crippen molar-refractivity contribution in [2.75, 3.05) is 32.7 Å². The molecule has 0 aromatic carbocycles. The molecule has 1 aromatic heterocycles. The maximum Gasteiger partial charge on any atom is 0.246 e. The molecule has 2 amide bonds. The van der Waals surface area contributed by atoms with Gasteiger partial charge < -0.3 is 14.6 Å². The van der Waals surface area contributed by atoms with E-state index in [-0.39, 0.29) is 11.8 Å². The van der Waals surface area contributed by atoms with Crippen molar-refractivity contribution in [1.29, 1.82) is 0 Å². The lowest BCUT2D eigenvalue weighted by atomic mass is 10.2. The molecule has 140 valence electrons. The van der Waals surface area contributed by atoms with Gasteiger partial charge >= 0.3 is 0 Å². The van der Waals surface area contributed by atoms with Gasteiger partial charge in [-0.2, -0.15) is 0 Å². The molecule has 0 bridgehead atoms. The summed E-state index contributed by atoms with van der Waals surface area (Å²) in [7, 11) is 0. The first-order valence-corrected chi connectivity index (χ1v) is 9.67. The summed E-state index contributed by atoms with van der Waals surface area (Å²) in [6.07, 6.45) is 6.76. The van der Waals surface area contributed by atoms with Crippen LogP contribution in [0, 0.1) is 5.92 Å². The summed E-state index contributed by atoms with van der Waals surface area (Å²) in [5.41, 5.74) is 0. The van der Waals surface area contributed by atoms with Crippen LogP contribution >= 0.6 is 0 Å². The second kappa shape index (κ2) is 7.27. The van der Waals surface area contributed by atoms with Gasteiger partial charge in [-0.1, -0.05) is 6.92 Å². The van der Waals surface area contributed by atoms with E-state index in [1.807, 2.05) is 17.0 Å². The summed E-state index contributed by atoms with van der Waals surface area (Å²) in [6, 6.07) is 4.35. The first-order valence-electron chi connectivity index (χ1n) is 9.67. The molecule has 6 heteroatoms. The highest BCUT2D eigenvalue weighted by atomic mass is 16.3. The Balaban J connectivity index is 1.21. The quantitative estimate of drug-likeness (QED) is 0.789. The molecular formula is C20H27N3O3. The fourth-order valence-corrected chi connectivity index (χ4v) is 3.47. The summed E-state index contributed by atoms with van der Waals surface area (Å²) in [5, 5.41) is 3.01. The lowest BCUT2D eigenvalue weighted by molar-refractivity contribution is -0.128. The standard InChI is InChI=1S/C20H27N3O3/c1-14-12-17(14)18-6-4-16(26-18)5-7-20(25)23-10-8-22(9-11-23)13-19(24)21-15-2-3-15/h4-7,14-15,17H,2-3,8-13H2,1H3,(H,21,24)/b7-5+. The van der Waals surface area contributed by atoms with E-state index in [9.17, 15) is 9.59 Å². The highest BCUT2D eigenvalue weighted by Gasteiger charge is 2.36. The molecule has 1 aromatic rings. The van der Waals surface area contributed by atoms with Crippen molar-refractivity contribution < 1.29 is 14.0 Å². The molecule has 1 saturated heterocycles. The Kier molecular flexibility index (Phi) is 4.85. The van der Waals surface area contributed by atoms with Crippen molar-refractivity contribution in [2.45, 2.75) is 38.1 Å². The number of carbonyl (C=O) groups is 2. The maximum atomic E-state index is 12.4. The highest BCUT2D eigenvalue weighted by molar-refractivity contribution is 5.91. The van der Waals surface area contributed by atoms with Gasteiger partial charge in [0.25, 0.3) is 0 Å². The number of nitrogens with zero attached hydrogens (tertiary/aromatic N) is 2. The third-order valence-electron chi connectivity index (χ3n) is 5.51. The van der Waals surface area contributed by atoms with Crippen LogP contribution in [0.2, 0.25) is 0 Å². The molecule has 4 rings (SSSR count). The molecule has 1 aliphatic heterocycles. The van der Waals surface area contributed by atoms with Gasteiger partial charge in [-0.3, -0.25) is 14.5 Å². The van der Waals surface area contributed by atoms with Gasteiger partial charge in [0.15, 0.2) is 0 Å². The third-order valence-corrected chi connectivity index (χ3v) is 5.51. The Bertz CT molecular complexity index is 699. The molecule has 2 atom stereocenters. The van der Waals surface area contributed by atoms with Crippen LogP contribution in [0.25, 0.3) is 6.08 Å². The van der Waals surface area contributed by atoms with Crippen molar-refractivity contribution in [3.05, 3.63) is 29.7 Å². The lowest BCUT2D eigenvalue weighted by Crippen LogP contribution is -2.50. The monoisotopic (exact) mass is 357 g/mol. The molecule has 0 spiro atoms. The van der Waals surface area contributed by atoms with Crippen LogP contribution in [0.3, 0.4) is 0 Å². The zero-order valence-electron chi connectivity index (χ0n) is 15.3. The number of hydrogen-bond acceptors (Lipinski definition) is 4. The van der Waals surface area contributed by atoms with Crippen LogP contribution < -0.4 is 5.32 Å². The number of carbonyl (C=O) groups excluding carboxylic acids is 2. The lowest BCUT2D eigenvalue weighted by Gasteiger charge is -2.33. The van der Waals surface area contributed by atoms with E-state index in [0.29, 0.717) is 37.5 Å².